The first-order valence-corrected chi connectivity index (χ1v) is 9.71. The van der Waals surface area contributed by atoms with Crippen LogP contribution in [0.1, 0.15) is 18.5 Å². The van der Waals surface area contributed by atoms with E-state index in [1.165, 1.54) is 0 Å². The van der Waals surface area contributed by atoms with E-state index in [0.29, 0.717) is 26.3 Å². The number of anilines is 1. The number of rotatable bonds is 2. The van der Waals surface area contributed by atoms with Crippen LogP contribution in [0.3, 0.4) is 0 Å². The molecule has 0 radical (unpaired) electrons. The fourth-order valence-corrected chi connectivity index (χ4v) is 4.06. The number of carbonyl (C=O) groups is 1. The summed E-state index contributed by atoms with van der Waals surface area (Å²) in [5.41, 5.74) is 0.958. The molecular weight excluding hydrogens is 342 g/mol. The van der Waals surface area contributed by atoms with Crippen LogP contribution in [0.25, 0.3) is 10.8 Å². The van der Waals surface area contributed by atoms with Gasteiger partial charge >= 0.3 is 6.03 Å². The van der Waals surface area contributed by atoms with E-state index < -0.39 is 0 Å². The van der Waals surface area contributed by atoms with E-state index in [-0.39, 0.29) is 12.1 Å². The quantitative estimate of drug-likeness (QED) is 0.813. The topological polar surface area (TPSA) is 61.8 Å². The summed E-state index contributed by atoms with van der Waals surface area (Å²) < 4.78 is 5.35. The summed E-state index contributed by atoms with van der Waals surface area (Å²) in [7, 11) is 1.93. The number of morpholine rings is 1. The molecule has 7 nitrogen and oxygen atoms in total. The Kier molecular flexibility index (Phi) is 5.11. The van der Waals surface area contributed by atoms with Gasteiger partial charge in [-0.2, -0.15) is 5.10 Å². The van der Waals surface area contributed by atoms with E-state index in [4.69, 9.17) is 4.74 Å². The van der Waals surface area contributed by atoms with Crippen molar-refractivity contribution >= 4 is 22.6 Å². The number of ether oxygens (including phenoxy) is 1. The monoisotopic (exact) mass is 369 g/mol. The van der Waals surface area contributed by atoms with E-state index in [1.54, 1.807) is 0 Å². The molecule has 1 aromatic heterocycles. The predicted molar refractivity (Wildman–Crippen MR) is 105 cm³/mol. The second-order valence-corrected chi connectivity index (χ2v) is 7.37. The number of urea groups is 1. The highest BCUT2D eigenvalue weighted by molar-refractivity contribution is 5.93. The third-order valence-corrected chi connectivity index (χ3v) is 5.75. The van der Waals surface area contributed by atoms with Crippen molar-refractivity contribution in [1.82, 2.24) is 20.0 Å². The second-order valence-electron chi connectivity index (χ2n) is 7.37. The Morgan fingerprint density at radius 2 is 1.74 bits per heavy atom. The molecule has 2 aromatic rings. The molecule has 0 saturated carbocycles. The van der Waals surface area contributed by atoms with Gasteiger partial charge in [0.05, 0.1) is 18.9 Å². The third kappa shape index (κ3) is 3.56. The summed E-state index contributed by atoms with van der Waals surface area (Å²) in [5.74, 6) is 0.955. The van der Waals surface area contributed by atoms with Gasteiger partial charge in [-0.05, 0) is 19.8 Å². The number of fused-ring (bicyclic) bond motifs is 1. The molecule has 2 aliphatic rings. The van der Waals surface area contributed by atoms with E-state index in [0.717, 1.165) is 48.2 Å². The minimum atomic E-state index is 0.123. The van der Waals surface area contributed by atoms with Crippen molar-refractivity contribution in [2.75, 3.05) is 51.3 Å². The maximum absolute atomic E-state index is 12.7. The summed E-state index contributed by atoms with van der Waals surface area (Å²) in [6.45, 7) is 6.41. The van der Waals surface area contributed by atoms with Gasteiger partial charge < -0.3 is 19.4 Å². The third-order valence-electron chi connectivity index (χ3n) is 5.75. The highest BCUT2D eigenvalue weighted by Crippen LogP contribution is 2.28. The highest BCUT2D eigenvalue weighted by atomic mass is 16.5. The Hall–Kier alpha value is -2.41. The maximum atomic E-state index is 12.7. The minimum absolute atomic E-state index is 0.123. The van der Waals surface area contributed by atoms with Crippen molar-refractivity contribution in [2.24, 2.45) is 0 Å². The summed E-state index contributed by atoms with van der Waals surface area (Å²) >= 11 is 0. The van der Waals surface area contributed by atoms with Crippen LogP contribution in [0, 0.1) is 6.92 Å². The van der Waals surface area contributed by atoms with Gasteiger partial charge in [-0.25, -0.2) is 4.79 Å². The number of aryl methyl sites for hydroxylation is 1. The summed E-state index contributed by atoms with van der Waals surface area (Å²) in [6.07, 6.45) is 1.88. The van der Waals surface area contributed by atoms with Crippen LogP contribution in [-0.2, 0) is 4.74 Å². The molecule has 0 aliphatic carbocycles. The van der Waals surface area contributed by atoms with Gasteiger partial charge in [-0.3, -0.25) is 0 Å². The molecule has 27 heavy (non-hydrogen) atoms. The second kappa shape index (κ2) is 7.68. The summed E-state index contributed by atoms with van der Waals surface area (Å²) in [4.78, 5) is 18.8. The molecule has 3 heterocycles. The number of hydrogen-bond donors (Lipinski definition) is 0. The van der Waals surface area contributed by atoms with Crippen molar-refractivity contribution in [2.45, 2.75) is 25.8 Å². The fraction of sp³-hybridized carbons (Fsp3) is 0.550. The molecule has 0 unspecified atom stereocenters. The Labute approximate surface area is 159 Å². The normalized spacial score (nSPS) is 18.7. The zero-order chi connectivity index (χ0) is 18.8. The molecule has 0 N–H and O–H groups in total. The average Bonchev–Trinajstić information content (AvgIpc) is 2.74. The lowest BCUT2D eigenvalue weighted by Crippen LogP contribution is -2.52. The number of piperidine rings is 1. The standard InChI is InChI=1S/C20H27N5O2/c1-15-17-5-3-4-6-18(17)19(22-21-15)24-9-7-16(8-10-24)23(2)20(26)25-11-13-27-14-12-25/h3-6,16H,7-14H2,1-2H3. The van der Waals surface area contributed by atoms with E-state index >= 15 is 0 Å². The molecule has 2 aliphatic heterocycles. The molecule has 0 bridgehead atoms. The summed E-state index contributed by atoms with van der Waals surface area (Å²) in [6, 6.07) is 8.70. The number of aromatic nitrogens is 2. The number of amides is 2. The van der Waals surface area contributed by atoms with Crippen molar-refractivity contribution in [3.63, 3.8) is 0 Å². The Bertz CT molecular complexity index is 813. The van der Waals surface area contributed by atoms with Crippen molar-refractivity contribution in [3.05, 3.63) is 30.0 Å². The lowest BCUT2D eigenvalue weighted by Gasteiger charge is -2.40. The van der Waals surface area contributed by atoms with Crippen LogP contribution in [-0.4, -0.2) is 78.5 Å². The molecule has 4 rings (SSSR count). The molecule has 144 valence electrons. The van der Waals surface area contributed by atoms with Crippen LogP contribution in [0.15, 0.2) is 24.3 Å². The van der Waals surface area contributed by atoms with Crippen molar-refractivity contribution < 1.29 is 9.53 Å². The largest absolute Gasteiger partial charge is 0.378 e. The first-order chi connectivity index (χ1) is 13.1. The van der Waals surface area contributed by atoms with Gasteiger partial charge in [0, 0.05) is 50.0 Å². The van der Waals surface area contributed by atoms with Gasteiger partial charge in [0.2, 0.25) is 0 Å². The molecule has 2 amide bonds. The number of carbonyl (C=O) groups excluding carboxylic acids is 1. The minimum Gasteiger partial charge on any atom is -0.378 e. The van der Waals surface area contributed by atoms with Gasteiger partial charge in [0.15, 0.2) is 5.82 Å². The average molecular weight is 369 g/mol. The van der Waals surface area contributed by atoms with Gasteiger partial charge in [-0.15, -0.1) is 5.10 Å². The SMILES string of the molecule is Cc1nnc(N2CCC(N(C)C(=O)N3CCOCC3)CC2)c2ccccc12. The smallest absolute Gasteiger partial charge is 0.320 e. The summed E-state index contributed by atoms with van der Waals surface area (Å²) in [5, 5.41) is 11.1. The van der Waals surface area contributed by atoms with Crippen LogP contribution in [0.2, 0.25) is 0 Å². The van der Waals surface area contributed by atoms with Crippen LogP contribution in [0.5, 0.6) is 0 Å². The molecule has 0 atom stereocenters. The van der Waals surface area contributed by atoms with E-state index in [2.05, 4.69) is 33.3 Å². The van der Waals surface area contributed by atoms with Crippen LogP contribution in [0.4, 0.5) is 10.6 Å². The predicted octanol–water partition coefficient (Wildman–Crippen LogP) is 2.29. The van der Waals surface area contributed by atoms with Crippen LogP contribution >= 0.6 is 0 Å². The fourth-order valence-electron chi connectivity index (χ4n) is 4.06. The maximum Gasteiger partial charge on any atom is 0.320 e. The lowest BCUT2D eigenvalue weighted by atomic mass is 10.0. The van der Waals surface area contributed by atoms with Crippen molar-refractivity contribution in [1.29, 1.82) is 0 Å². The zero-order valence-electron chi connectivity index (χ0n) is 16.1. The van der Waals surface area contributed by atoms with Crippen molar-refractivity contribution in [3.8, 4) is 0 Å². The Morgan fingerprint density at radius 1 is 1.07 bits per heavy atom. The molecular formula is C20H27N5O2. The van der Waals surface area contributed by atoms with Gasteiger partial charge in [0.25, 0.3) is 0 Å². The lowest BCUT2D eigenvalue weighted by molar-refractivity contribution is 0.0409. The zero-order valence-corrected chi connectivity index (χ0v) is 16.1. The van der Waals surface area contributed by atoms with Crippen LogP contribution < -0.4 is 4.90 Å². The Balaban J connectivity index is 1.43. The first-order valence-electron chi connectivity index (χ1n) is 9.71. The molecule has 2 fully saturated rings. The molecule has 0 spiro atoms. The van der Waals surface area contributed by atoms with Gasteiger partial charge in [-0.1, -0.05) is 24.3 Å². The molecule has 7 heteroatoms. The molecule has 2 saturated heterocycles. The molecule has 1 aromatic carbocycles. The number of benzene rings is 1. The number of nitrogens with zero attached hydrogens (tertiary/aromatic N) is 5. The Morgan fingerprint density at radius 3 is 2.44 bits per heavy atom. The van der Waals surface area contributed by atoms with Gasteiger partial charge in [0.1, 0.15) is 0 Å². The first kappa shape index (κ1) is 18.0. The van der Waals surface area contributed by atoms with E-state index in [9.17, 15) is 4.79 Å². The highest BCUT2D eigenvalue weighted by Gasteiger charge is 2.29. The van der Waals surface area contributed by atoms with E-state index in [1.807, 2.05) is 29.8 Å². The number of hydrogen-bond acceptors (Lipinski definition) is 5.